The highest BCUT2D eigenvalue weighted by Crippen LogP contribution is 2.36. The minimum Gasteiger partial charge on any atom is -0.508 e. The number of aromatic hydroxyl groups is 1. The number of aliphatic imine (C=N–C) groups is 1. The van der Waals surface area contributed by atoms with Gasteiger partial charge in [0, 0.05) is 28.8 Å². The van der Waals surface area contributed by atoms with Gasteiger partial charge < -0.3 is 14.6 Å². The Balaban J connectivity index is 1.73. The smallest absolute Gasteiger partial charge is 0.126 e. The number of halogens is 1. The average Bonchev–Trinajstić information content (AvgIpc) is 2.80. The monoisotopic (exact) mass is 422 g/mol. The number of benzene rings is 3. The molecule has 5 nitrogen and oxygen atoms in total. The molecule has 0 radical (unpaired) electrons. The van der Waals surface area contributed by atoms with Crippen molar-refractivity contribution in [2.75, 3.05) is 14.2 Å². The fourth-order valence-electron chi connectivity index (χ4n) is 3.63. The van der Waals surface area contributed by atoms with E-state index in [0.29, 0.717) is 11.4 Å². The summed E-state index contributed by atoms with van der Waals surface area (Å²) in [5, 5.41) is 14.6. The molecule has 3 aromatic rings. The van der Waals surface area contributed by atoms with Crippen molar-refractivity contribution in [2.24, 2.45) is 4.99 Å². The lowest BCUT2D eigenvalue weighted by atomic mass is 9.93. The van der Waals surface area contributed by atoms with Gasteiger partial charge in [0.05, 0.1) is 14.2 Å². The van der Waals surface area contributed by atoms with Crippen LogP contribution in [0.3, 0.4) is 0 Å². The summed E-state index contributed by atoms with van der Waals surface area (Å²) in [5.41, 5.74) is 3.72. The predicted octanol–water partition coefficient (Wildman–Crippen LogP) is 5.29. The number of phenols is 1. The van der Waals surface area contributed by atoms with Crippen molar-refractivity contribution >= 4 is 17.3 Å². The lowest BCUT2D eigenvalue weighted by molar-refractivity contribution is 0.408. The first-order chi connectivity index (χ1) is 14.6. The summed E-state index contributed by atoms with van der Waals surface area (Å²) in [6, 6.07) is 20.6. The quantitative estimate of drug-likeness (QED) is 0.586. The van der Waals surface area contributed by atoms with Gasteiger partial charge in [0.1, 0.15) is 23.4 Å². The molecule has 0 saturated heterocycles. The maximum Gasteiger partial charge on any atom is 0.126 e. The molecule has 1 aliphatic rings. The maximum atomic E-state index is 10.5. The van der Waals surface area contributed by atoms with Crippen molar-refractivity contribution in [2.45, 2.75) is 18.6 Å². The lowest BCUT2D eigenvalue weighted by Gasteiger charge is -2.31. The van der Waals surface area contributed by atoms with Crippen LogP contribution >= 0.6 is 11.6 Å². The van der Waals surface area contributed by atoms with Gasteiger partial charge in [-0.2, -0.15) is 0 Å². The van der Waals surface area contributed by atoms with E-state index >= 15 is 0 Å². The largest absolute Gasteiger partial charge is 0.508 e. The number of phenolic OH excluding ortho intramolecular Hbond substituents is 1. The van der Waals surface area contributed by atoms with Gasteiger partial charge in [0.15, 0.2) is 0 Å². The van der Waals surface area contributed by atoms with Crippen LogP contribution in [-0.2, 0) is 0 Å². The highest BCUT2D eigenvalue weighted by molar-refractivity contribution is 6.30. The Morgan fingerprint density at radius 3 is 2.20 bits per heavy atom. The predicted molar refractivity (Wildman–Crippen MR) is 119 cm³/mol. The van der Waals surface area contributed by atoms with Crippen LogP contribution < -0.4 is 14.8 Å². The van der Waals surface area contributed by atoms with Crippen LogP contribution in [0.15, 0.2) is 71.7 Å². The summed E-state index contributed by atoms with van der Waals surface area (Å²) >= 11 is 6.21. The Labute approximate surface area is 180 Å². The van der Waals surface area contributed by atoms with Crippen molar-refractivity contribution in [1.82, 2.24) is 5.32 Å². The van der Waals surface area contributed by atoms with Gasteiger partial charge in [-0.3, -0.25) is 10.3 Å². The molecule has 0 spiro atoms. The number of hydrogen-bond donors (Lipinski definition) is 2. The topological polar surface area (TPSA) is 63.1 Å². The normalized spacial score (nSPS) is 18.6. The van der Waals surface area contributed by atoms with Crippen molar-refractivity contribution in [3.63, 3.8) is 0 Å². The van der Waals surface area contributed by atoms with Gasteiger partial charge in [-0.15, -0.1) is 0 Å². The molecule has 0 amide bonds. The van der Waals surface area contributed by atoms with Gasteiger partial charge in [-0.05, 0) is 65.7 Å². The first-order valence-electron chi connectivity index (χ1n) is 9.67. The van der Waals surface area contributed by atoms with Crippen LogP contribution in [0.4, 0.5) is 0 Å². The Kier molecular flexibility index (Phi) is 5.93. The number of nitrogens with one attached hydrogen (secondary N) is 1. The van der Waals surface area contributed by atoms with Crippen molar-refractivity contribution in [3.8, 4) is 17.2 Å². The van der Waals surface area contributed by atoms with Crippen molar-refractivity contribution in [3.05, 3.63) is 88.4 Å². The highest BCUT2D eigenvalue weighted by Gasteiger charge is 2.28. The molecule has 2 atom stereocenters. The number of rotatable bonds is 5. The molecule has 0 fully saturated rings. The number of ether oxygens (including phenoxy) is 2. The molecule has 1 heterocycles. The molecule has 30 heavy (non-hydrogen) atoms. The Hall–Kier alpha value is -3.02. The first kappa shape index (κ1) is 20.3. The molecule has 0 saturated carbocycles. The molecule has 0 aliphatic carbocycles. The zero-order valence-electron chi connectivity index (χ0n) is 16.8. The van der Waals surface area contributed by atoms with E-state index in [9.17, 15) is 5.11 Å². The molecule has 6 heteroatoms. The van der Waals surface area contributed by atoms with Crippen LogP contribution in [-0.4, -0.2) is 25.0 Å². The minimum absolute atomic E-state index is 0.148. The van der Waals surface area contributed by atoms with Gasteiger partial charge in [-0.1, -0.05) is 23.7 Å². The summed E-state index contributed by atoms with van der Waals surface area (Å²) in [6.45, 7) is 0. The second-order valence-electron chi connectivity index (χ2n) is 7.11. The molecule has 0 aromatic heterocycles. The van der Waals surface area contributed by atoms with E-state index in [1.807, 2.05) is 48.5 Å². The number of hydrogen-bond acceptors (Lipinski definition) is 5. The first-order valence-corrected chi connectivity index (χ1v) is 10.0. The van der Waals surface area contributed by atoms with E-state index in [2.05, 4.69) is 5.32 Å². The Morgan fingerprint density at radius 2 is 1.57 bits per heavy atom. The fourth-order valence-corrected chi connectivity index (χ4v) is 3.81. The molecule has 0 unspecified atom stereocenters. The van der Waals surface area contributed by atoms with Crippen molar-refractivity contribution in [1.29, 1.82) is 0 Å². The summed E-state index contributed by atoms with van der Waals surface area (Å²) in [4.78, 5) is 4.97. The molecular weight excluding hydrogens is 400 g/mol. The van der Waals surface area contributed by atoms with Gasteiger partial charge in [0.2, 0.25) is 0 Å². The second kappa shape index (κ2) is 8.78. The summed E-state index contributed by atoms with van der Waals surface area (Å²) < 4.78 is 10.5. The van der Waals surface area contributed by atoms with Crippen LogP contribution in [0.2, 0.25) is 5.02 Å². The van der Waals surface area contributed by atoms with Crippen molar-refractivity contribution < 1.29 is 14.6 Å². The molecule has 154 valence electrons. The van der Waals surface area contributed by atoms with Crippen LogP contribution in [0.25, 0.3) is 0 Å². The standard InChI is InChI=1S/C24H23ClN2O3/c1-29-18-8-3-15(4-9-18)21-14-22(20-13-17(25)7-12-23(20)28)27-24(26-21)16-5-10-19(30-2)11-6-16/h3-13,22,24,27-28H,14H2,1-2H3/t22-,24-/m1/s1. The number of methoxy groups -OCH3 is 2. The van der Waals surface area contributed by atoms with E-state index in [-0.39, 0.29) is 18.0 Å². The van der Waals surface area contributed by atoms with E-state index in [4.69, 9.17) is 26.1 Å². The van der Waals surface area contributed by atoms with Crippen LogP contribution in [0.1, 0.15) is 35.3 Å². The Bertz CT molecular complexity index is 1050. The lowest BCUT2D eigenvalue weighted by Crippen LogP contribution is -2.33. The molecule has 0 bridgehead atoms. The van der Waals surface area contributed by atoms with Gasteiger partial charge in [0.25, 0.3) is 0 Å². The maximum absolute atomic E-state index is 10.5. The zero-order valence-corrected chi connectivity index (χ0v) is 17.6. The Morgan fingerprint density at radius 1 is 0.933 bits per heavy atom. The fraction of sp³-hybridized carbons (Fsp3) is 0.208. The number of nitrogens with zero attached hydrogens (tertiary/aromatic N) is 1. The summed E-state index contributed by atoms with van der Waals surface area (Å²) in [7, 11) is 3.29. The van der Waals surface area contributed by atoms with Gasteiger partial charge >= 0.3 is 0 Å². The SMILES string of the molecule is COc1ccc(C2=N[C@@H](c3ccc(OC)cc3)N[C@@H](c3cc(Cl)ccc3O)C2)cc1. The second-order valence-corrected chi connectivity index (χ2v) is 7.54. The van der Waals surface area contributed by atoms with E-state index in [1.54, 1.807) is 32.4 Å². The van der Waals surface area contributed by atoms with Crippen LogP contribution in [0.5, 0.6) is 17.2 Å². The van der Waals surface area contributed by atoms with Gasteiger partial charge in [-0.25, -0.2) is 0 Å². The summed E-state index contributed by atoms with van der Waals surface area (Å²) in [5.74, 6) is 1.79. The molecule has 1 aliphatic heterocycles. The van der Waals surface area contributed by atoms with E-state index in [1.165, 1.54) is 0 Å². The van der Waals surface area contributed by atoms with E-state index < -0.39 is 0 Å². The van der Waals surface area contributed by atoms with E-state index in [0.717, 1.165) is 33.9 Å². The third kappa shape index (κ3) is 4.27. The highest BCUT2D eigenvalue weighted by atomic mass is 35.5. The molecule has 2 N–H and O–H groups in total. The zero-order chi connectivity index (χ0) is 21.1. The summed E-state index contributed by atoms with van der Waals surface area (Å²) in [6.07, 6.45) is 0.345. The third-order valence-corrected chi connectivity index (χ3v) is 5.50. The van der Waals surface area contributed by atoms with Crippen LogP contribution in [0, 0.1) is 0 Å². The molecule has 3 aromatic carbocycles. The third-order valence-electron chi connectivity index (χ3n) is 5.26. The average molecular weight is 423 g/mol. The molecule has 4 rings (SSSR count). The minimum atomic E-state index is -0.273. The molecular formula is C24H23ClN2O3.